The van der Waals surface area contributed by atoms with Crippen LogP contribution in [0.15, 0.2) is 28.8 Å². The van der Waals surface area contributed by atoms with Crippen molar-refractivity contribution < 1.29 is 19.4 Å². The Kier molecular flexibility index (Phi) is 3.55. The number of carbonyl (C=O) groups excluding carboxylic acids is 2. The molecule has 1 unspecified atom stereocenters. The van der Waals surface area contributed by atoms with E-state index in [0.717, 1.165) is 24.8 Å². The average Bonchev–Trinajstić information content (AvgIpc) is 3.06. The van der Waals surface area contributed by atoms with Gasteiger partial charge in [0, 0.05) is 23.7 Å². The quantitative estimate of drug-likeness (QED) is 0.755. The van der Waals surface area contributed by atoms with Crippen molar-refractivity contribution in [3.63, 3.8) is 0 Å². The van der Waals surface area contributed by atoms with Gasteiger partial charge in [-0.2, -0.15) is 0 Å². The minimum Gasteiger partial charge on any atom is -0.475 e. The largest absolute Gasteiger partial charge is 0.475 e. The minimum absolute atomic E-state index is 0.0465. The first-order chi connectivity index (χ1) is 13.1. The smallest absolute Gasteiger partial charge is 0.181 e. The van der Waals surface area contributed by atoms with Gasteiger partial charge in [0.2, 0.25) is 0 Å². The number of hydrogen-bond donors (Lipinski definition) is 1. The summed E-state index contributed by atoms with van der Waals surface area (Å²) in [6.07, 6.45) is 7.84. The fourth-order valence-electron chi connectivity index (χ4n) is 7.84. The molecule has 4 aliphatic carbocycles. The zero-order chi connectivity index (χ0) is 20.1. The monoisotopic (exact) mass is 383 g/mol. The van der Waals surface area contributed by atoms with E-state index in [9.17, 15) is 14.7 Å². The molecule has 0 amide bonds. The van der Waals surface area contributed by atoms with Crippen molar-refractivity contribution in [2.75, 3.05) is 0 Å². The lowest BCUT2D eigenvalue weighted by Gasteiger charge is -2.59. The van der Waals surface area contributed by atoms with Crippen LogP contribution in [-0.4, -0.2) is 40.3 Å². The fourth-order valence-corrected chi connectivity index (χ4v) is 7.84. The minimum atomic E-state index is -0.872. The Balaban J connectivity index is 1.61. The first-order valence-electron chi connectivity index (χ1n) is 10.5. The van der Waals surface area contributed by atoms with Crippen LogP contribution in [0.1, 0.15) is 53.4 Å². The lowest BCUT2D eigenvalue weighted by molar-refractivity contribution is -0.142. The van der Waals surface area contributed by atoms with Gasteiger partial charge in [-0.15, -0.1) is 0 Å². The highest BCUT2D eigenvalue weighted by Crippen LogP contribution is 2.69. The van der Waals surface area contributed by atoms with Crippen LogP contribution in [0.3, 0.4) is 0 Å². The summed E-state index contributed by atoms with van der Waals surface area (Å²) in [6, 6.07) is 0. The summed E-state index contributed by atoms with van der Waals surface area (Å²) in [6.45, 7) is 7.77. The lowest BCUT2D eigenvalue weighted by atomic mass is 9.46. The second-order valence-corrected chi connectivity index (χ2v) is 10.0. The molecule has 0 aromatic heterocycles. The van der Waals surface area contributed by atoms with Gasteiger partial charge in [-0.3, -0.25) is 9.59 Å². The topological polar surface area (TPSA) is 76.0 Å². The standard InChI is InChI=1S/C23H29NO4/c1-12(25)23-19(28-13(2)24-23)10-17-16-6-5-14-9-15(26)7-8-21(14,3)20(16)18(27)11-22(17,23)4/h7-9,16-20,27H,5-6,10-11H2,1-4H3/t16-,17-,18?,19-,20+,21+,22+,23-/m1/s1. The zero-order valence-electron chi connectivity index (χ0n) is 17.1. The van der Waals surface area contributed by atoms with Crippen LogP contribution in [0.2, 0.25) is 0 Å². The summed E-state index contributed by atoms with van der Waals surface area (Å²) < 4.78 is 6.05. The van der Waals surface area contributed by atoms with Crippen molar-refractivity contribution in [3.8, 4) is 0 Å². The van der Waals surface area contributed by atoms with E-state index in [-0.39, 0.29) is 40.8 Å². The molecule has 0 aromatic carbocycles. The molecule has 8 atom stereocenters. The van der Waals surface area contributed by atoms with Crippen LogP contribution in [0.4, 0.5) is 0 Å². The van der Waals surface area contributed by atoms with Crippen molar-refractivity contribution in [1.29, 1.82) is 0 Å². The molecular weight excluding hydrogens is 354 g/mol. The van der Waals surface area contributed by atoms with E-state index in [1.807, 2.05) is 13.0 Å². The third-order valence-electron chi connectivity index (χ3n) is 8.87. The lowest BCUT2D eigenvalue weighted by Crippen LogP contribution is -2.61. The molecule has 1 aliphatic heterocycles. The fraction of sp³-hybridized carbons (Fsp3) is 0.696. The molecule has 1 N–H and O–H groups in total. The maximum absolute atomic E-state index is 12.9. The van der Waals surface area contributed by atoms with Gasteiger partial charge in [-0.25, -0.2) is 4.99 Å². The molecule has 28 heavy (non-hydrogen) atoms. The van der Waals surface area contributed by atoms with Crippen molar-refractivity contribution in [3.05, 3.63) is 23.8 Å². The maximum Gasteiger partial charge on any atom is 0.181 e. The molecule has 0 bridgehead atoms. The van der Waals surface area contributed by atoms with E-state index in [2.05, 4.69) is 13.8 Å². The number of rotatable bonds is 1. The number of ketones is 2. The van der Waals surface area contributed by atoms with E-state index in [4.69, 9.17) is 9.73 Å². The molecule has 5 nitrogen and oxygen atoms in total. The number of Topliss-reactive ketones (excluding diaryl/α,β-unsaturated/α-hetero) is 1. The second kappa shape index (κ2) is 5.44. The van der Waals surface area contributed by atoms with Gasteiger partial charge in [0.25, 0.3) is 0 Å². The zero-order valence-corrected chi connectivity index (χ0v) is 17.1. The summed E-state index contributed by atoms with van der Waals surface area (Å²) in [5, 5.41) is 11.4. The number of aliphatic hydroxyl groups is 1. The van der Waals surface area contributed by atoms with Gasteiger partial charge in [-0.1, -0.05) is 25.5 Å². The SMILES string of the molecule is CC(=O)[C@@]12N=C(C)O[C@@H]1C[C@@H]1[C@H]3CCC4=CC(=O)C=C[C@]4(C)[C@@H]3C(O)C[C@@]12C. The molecule has 0 spiro atoms. The number of nitrogens with zero attached hydrogens (tertiary/aromatic N) is 1. The molecule has 1 heterocycles. The highest BCUT2D eigenvalue weighted by molar-refractivity contribution is 6.01. The van der Waals surface area contributed by atoms with Crippen molar-refractivity contribution >= 4 is 17.5 Å². The molecule has 3 fully saturated rings. The average molecular weight is 383 g/mol. The number of fused-ring (bicyclic) bond motifs is 7. The number of allylic oxidation sites excluding steroid dienone is 4. The van der Waals surface area contributed by atoms with Crippen LogP contribution >= 0.6 is 0 Å². The number of ether oxygens (including phenoxy) is 1. The Hall–Kier alpha value is -1.75. The molecule has 0 saturated heterocycles. The molecule has 5 rings (SSSR count). The molecule has 5 aliphatic rings. The third-order valence-corrected chi connectivity index (χ3v) is 8.87. The molecule has 150 valence electrons. The van der Waals surface area contributed by atoms with Gasteiger partial charge >= 0.3 is 0 Å². The van der Waals surface area contributed by atoms with E-state index < -0.39 is 17.1 Å². The predicted molar refractivity (Wildman–Crippen MR) is 105 cm³/mol. The Morgan fingerprint density at radius 3 is 2.82 bits per heavy atom. The van der Waals surface area contributed by atoms with Gasteiger partial charge in [0.05, 0.1) is 6.10 Å². The van der Waals surface area contributed by atoms with Crippen LogP contribution < -0.4 is 0 Å². The Morgan fingerprint density at radius 1 is 1.36 bits per heavy atom. The van der Waals surface area contributed by atoms with Crippen LogP contribution in [0, 0.1) is 28.6 Å². The maximum atomic E-state index is 12.9. The molecule has 3 saturated carbocycles. The molecule has 5 heteroatoms. The first-order valence-corrected chi connectivity index (χ1v) is 10.5. The van der Waals surface area contributed by atoms with E-state index in [0.29, 0.717) is 12.3 Å². The number of aliphatic hydroxyl groups excluding tert-OH is 1. The van der Waals surface area contributed by atoms with E-state index >= 15 is 0 Å². The Labute approximate surface area is 165 Å². The summed E-state index contributed by atoms with van der Waals surface area (Å²) in [7, 11) is 0. The van der Waals surface area contributed by atoms with Gasteiger partial charge in [0.15, 0.2) is 23.0 Å². The normalized spacial score (nSPS) is 51.3. The Bertz CT molecular complexity index is 872. The second-order valence-electron chi connectivity index (χ2n) is 10.0. The van der Waals surface area contributed by atoms with Crippen molar-refractivity contribution in [1.82, 2.24) is 0 Å². The van der Waals surface area contributed by atoms with Gasteiger partial charge < -0.3 is 9.84 Å². The summed E-state index contributed by atoms with van der Waals surface area (Å²) in [5.74, 6) is 1.31. The predicted octanol–water partition coefficient (Wildman–Crippen LogP) is 3.02. The van der Waals surface area contributed by atoms with Crippen LogP contribution in [0.25, 0.3) is 0 Å². The number of aliphatic imine (C=N–C) groups is 1. The first kappa shape index (κ1) is 18.3. The van der Waals surface area contributed by atoms with Gasteiger partial charge in [-0.05, 0) is 56.6 Å². The molecular formula is C23H29NO4. The summed E-state index contributed by atoms with van der Waals surface area (Å²) in [4.78, 5) is 29.6. The van der Waals surface area contributed by atoms with Crippen molar-refractivity contribution in [2.45, 2.75) is 71.1 Å². The highest BCUT2D eigenvalue weighted by Gasteiger charge is 2.73. The van der Waals surface area contributed by atoms with Crippen LogP contribution in [-0.2, 0) is 14.3 Å². The van der Waals surface area contributed by atoms with Crippen molar-refractivity contribution in [2.24, 2.45) is 33.6 Å². The van der Waals surface area contributed by atoms with Crippen LogP contribution in [0.5, 0.6) is 0 Å². The van der Waals surface area contributed by atoms with E-state index in [1.54, 1.807) is 19.1 Å². The number of hydrogen-bond acceptors (Lipinski definition) is 5. The third kappa shape index (κ3) is 1.94. The highest BCUT2D eigenvalue weighted by atomic mass is 16.5. The van der Waals surface area contributed by atoms with E-state index in [1.165, 1.54) is 0 Å². The summed E-state index contributed by atoms with van der Waals surface area (Å²) in [5.41, 5.74) is -0.427. The Morgan fingerprint density at radius 2 is 2.11 bits per heavy atom. The molecule has 0 radical (unpaired) electrons. The number of carbonyl (C=O) groups is 2. The van der Waals surface area contributed by atoms with Gasteiger partial charge in [0.1, 0.15) is 6.10 Å². The molecule has 0 aromatic rings. The summed E-state index contributed by atoms with van der Waals surface area (Å²) >= 11 is 0.